The van der Waals surface area contributed by atoms with E-state index in [1.165, 1.54) is 29.3 Å². The molecule has 6 heteroatoms. The van der Waals surface area contributed by atoms with Gasteiger partial charge in [-0.2, -0.15) is 0 Å². The van der Waals surface area contributed by atoms with Crippen molar-refractivity contribution in [3.63, 3.8) is 0 Å². The van der Waals surface area contributed by atoms with Gasteiger partial charge in [0.2, 0.25) is 5.95 Å². The highest BCUT2D eigenvalue weighted by Gasteiger charge is 2.39. The van der Waals surface area contributed by atoms with E-state index in [1.54, 1.807) is 18.0 Å². The van der Waals surface area contributed by atoms with Gasteiger partial charge in [-0.1, -0.05) is 12.1 Å². The lowest BCUT2D eigenvalue weighted by molar-refractivity contribution is 0.109. The highest BCUT2D eigenvalue weighted by molar-refractivity contribution is 5.89. The number of benzene rings is 1. The molecule has 3 N–H and O–H groups in total. The Morgan fingerprint density at radius 1 is 1.21 bits per heavy atom. The third-order valence-electron chi connectivity index (χ3n) is 6.63. The number of anilines is 2. The molecule has 5 rings (SSSR count). The first kappa shape index (κ1) is 17.5. The van der Waals surface area contributed by atoms with Crippen molar-refractivity contribution in [2.24, 2.45) is 13.0 Å². The molecule has 1 saturated heterocycles. The molecular weight excluding hydrogens is 348 g/mol. The van der Waals surface area contributed by atoms with Crippen LogP contribution in [0.5, 0.6) is 0 Å². The molecule has 6 nitrogen and oxygen atoms in total. The summed E-state index contributed by atoms with van der Waals surface area (Å²) in [6.07, 6.45) is 9.18. The van der Waals surface area contributed by atoms with Gasteiger partial charge >= 0.3 is 0 Å². The quantitative estimate of drug-likeness (QED) is 0.732. The fourth-order valence-corrected chi connectivity index (χ4v) is 5.36. The van der Waals surface area contributed by atoms with Gasteiger partial charge in [0.05, 0.1) is 18.1 Å². The van der Waals surface area contributed by atoms with Crippen LogP contribution in [-0.4, -0.2) is 45.6 Å². The zero-order valence-corrected chi connectivity index (χ0v) is 16.6. The maximum atomic E-state index is 5.66. The highest BCUT2D eigenvalue weighted by Crippen LogP contribution is 2.45. The minimum atomic E-state index is 0.595. The zero-order chi connectivity index (χ0) is 19.3. The predicted octanol–water partition coefficient (Wildman–Crippen LogP) is 3.01. The number of piperidine rings is 1. The van der Waals surface area contributed by atoms with Crippen LogP contribution < -0.4 is 11.1 Å². The Morgan fingerprint density at radius 2 is 2.04 bits per heavy atom. The largest absolute Gasteiger partial charge is 0.396 e. The Morgan fingerprint density at radius 3 is 2.86 bits per heavy atom. The summed E-state index contributed by atoms with van der Waals surface area (Å²) < 4.78 is 2.29. The summed E-state index contributed by atoms with van der Waals surface area (Å²) >= 11 is 0. The average Bonchev–Trinajstić information content (AvgIpc) is 3.01. The number of fused-ring (bicyclic) bond motifs is 2. The molecule has 3 heterocycles. The number of hydrogen-bond acceptors (Lipinski definition) is 5. The van der Waals surface area contributed by atoms with Crippen molar-refractivity contribution in [3.05, 3.63) is 47.9 Å². The second kappa shape index (κ2) is 6.78. The molecule has 0 radical (unpaired) electrons. The van der Waals surface area contributed by atoms with Gasteiger partial charge in [0, 0.05) is 49.2 Å². The number of aryl methyl sites for hydroxylation is 1. The van der Waals surface area contributed by atoms with E-state index in [-0.39, 0.29) is 0 Å². The molecular formula is C22H28N6. The van der Waals surface area contributed by atoms with Gasteiger partial charge in [0.25, 0.3) is 0 Å². The number of aromatic nitrogens is 3. The van der Waals surface area contributed by atoms with Crippen molar-refractivity contribution in [1.29, 1.82) is 0 Å². The van der Waals surface area contributed by atoms with Crippen LogP contribution >= 0.6 is 0 Å². The van der Waals surface area contributed by atoms with E-state index in [2.05, 4.69) is 63.2 Å². The maximum Gasteiger partial charge on any atom is 0.222 e. The van der Waals surface area contributed by atoms with E-state index < -0.39 is 0 Å². The Balaban J connectivity index is 1.32. The molecule has 2 aromatic heterocycles. The summed E-state index contributed by atoms with van der Waals surface area (Å²) in [6, 6.07) is 7.46. The molecule has 1 aliphatic carbocycles. The molecule has 0 amide bonds. The van der Waals surface area contributed by atoms with Gasteiger partial charge in [-0.05, 0) is 49.4 Å². The number of nitrogens with zero attached hydrogens (tertiary/aromatic N) is 4. The first-order chi connectivity index (χ1) is 13.6. The van der Waals surface area contributed by atoms with E-state index in [4.69, 9.17) is 5.73 Å². The van der Waals surface area contributed by atoms with Crippen LogP contribution in [-0.2, 0) is 13.5 Å². The lowest BCUT2D eigenvalue weighted by atomic mass is 9.72. The van der Waals surface area contributed by atoms with Crippen molar-refractivity contribution in [2.75, 3.05) is 31.2 Å². The van der Waals surface area contributed by atoms with Crippen LogP contribution in [0.3, 0.4) is 0 Å². The summed E-state index contributed by atoms with van der Waals surface area (Å²) in [5, 5.41) is 4.85. The van der Waals surface area contributed by atoms with E-state index in [0.717, 1.165) is 19.5 Å². The number of likely N-dealkylation sites (N-methyl/N-ethyl adjacent to an activating group) is 1. The van der Waals surface area contributed by atoms with Gasteiger partial charge in [-0.15, -0.1) is 0 Å². The standard InChI is InChI=1S/C22H28N6/c1-27-12-14(6-7-24-22-25-10-16(23)11-26-22)8-18-17-4-3-5-19-21(17)15(9-20(18)27)13-28(19)2/h3-5,10-11,13-14,18,20H,6-9,12,23H2,1-2H3,(H,24,25,26)/t14-,18-,20-/m1/s1. The number of rotatable bonds is 4. The van der Waals surface area contributed by atoms with Crippen molar-refractivity contribution in [1.82, 2.24) is 19.4 Å². The second-order valence-corrected chi connectivity index (χ2v) is 8.48. The van der Waals surface area contributed by atoms with Gasteiger partial charge in [-0.3, -0.25) is 0 Å². The SMILES string of the molecule is CN1C[C@H](CCNc2ncc(N)cn2)C[C@@H]2c3cccc4c3c(cn4C)C[C@H]21. The summed E-state index contributed by atoms with van der Waals surface area (Å²) in [5.41, 5.74) is 10.7. The summed E-state index contributed by atoms with van der Waals surface area (Å²) in [5.74, 6) is 1.95. The maximum absolute atomic E-state index is 5.66. The minimum absolute atomic E-state index is 0.595. The first-order valence-electron chi connectivity index (χ1n) is 10.2. The monoisotopic (exact) mass is 376 g/mol. The molecule has 2 aliphatic rings. The Hall–Kier alpha value is -2.60. The van der Waals surface area contributed by atoms with Crippen molar-refractivity contribution in [2.45, 2.75) is 31.2 Å². The number of hydrogen-bond donors (Lipinski definition) is 2. The third kappa shape index (κ3) is 2.92. The van der Waals surface area contributed by atoms with E-state index in [0.29, 0.717) is 29.5 Å². The number of nitrogens with one attached hydrogen (secondary N) is 1. The Kier molecular flexibility index (Phi) is 4.23. The first-order valence-corrected chi connectivity index (χ1v) is 10.2. The fourth-order valence-electron chi connectivity index (χ4n) is 5.36. The molecule has 0 saturated carbocycles. The van der Waals surface area contributed by atoms with E-state index >= 15 is 0 Å². The molecule has 146 valence electrons. The van der Waals surface area contributed by atoms with Crippen molar-refractivity contribution >= 4 is 22.5 Å². The number of likely N-dealkylation sites (tertiary alicyclic amines) is 1. The minimum Gasteiger partial charge on any atom is -0.396 e. The van der Waals surface area contributed by atoms with Gasteiger partial charge in [-0.25, -0.2) is 9.97 Å². The van der Waals surface area contributed by atoms with E-state index in [9.17, 15) is 0 Å². The van der Waals surface area contributed by atoms with Gasteiger partial charge in [0.1, 0.15) is 0 Å². The topological polar surface area (TPSA) is 72.0 Å². The van der Waals surface area contributed by atoms with Gasteiger partial charge in [0.15, 0.2) is 0 Å². The highest BCUT2D eigenvalue weighted by atomic mass is 15.2. The second-order valence-electron chi connectivity index (χ2n) is 8.48. The van der Waals surface area contributed by atoms with Crippen LogP contribution in [0.1, 0.15) is 29.9 Å². The summed E-state index contributed by atoms with van der Waals surface area (Å²) in [7, 11) is 4.47. The van der Waals surface area contributed by atoms with Gasteiger partial charge < -0.3 is 20.5 Å². The number of nitrogens with two attached hydrogens (primary N) is 1. The van der Waals surface area contributed by atoms with Crippen molar-refractivity contribution in [3.8, 4) is 0 Å². The molecule has 3 aromatic rings. The Labute approximate surface area is 165 Å². The molecule has 3 atom stereocenters. The van der Waals surface area contributed by atoms with Crippen LogP contribution in [0.15, 0.2) is 36.8 Å². The lowest BCUT2D eigenvalue weighted by Gasteiger charge is -2.45. The summed E-state index contributed by atoms with van der Waals surface area (Å²) in [6.45, 7) is 2.05. The molecule has 0 bridgehead atoms. The average molecular weight is 377 g/mol. The summed E-state index contributed by atoms with van der Waals surface area (Å²) in [4.78, 5) is 11.1. The molecule has 1 aromatic carbocycles. The molecule has 1 aliphatic heterocycles. The normalized spacial score (nSPS) is 24.3. The molecule has 0 spiro atoms. The predicted molar refractivity (Wildman–Crippen MR) is 113 cm³/mol. The smallest absolute Gasteiger partial charge is 0.222 e. The number of nitrogen functional groups attached to an aromatic ring is 1. The zero-order valence-electron chi connectivity index (χ0n) is 16.6. The van der Waals surface area contributed by atoms with Crippen molar-refractivity contribution < 1.29 is 0 Å². The third-order valence-corrected chi connectivity index (χ3v) is 6.63. The fraction of sp³-hybridized carbons (Fsp3) is 0.455. The molecule has 28 heavy (non-hydrogen) atoms. The van der Waals surface area contributed by atoms with Crippen LogP contribution in [0, 0.1) is 5.92 Å². The van der Waals surface area contributed by atoms with Crippen LogP contribution in [0.4, 0.5) is 11.6 Å². The van der Waals surface area contributed by atoms with Crippen LogP contribution in [0.2, 0.25) is 0 Å². The lowest BCUT2D eigenvalue weighted by Crippen LogP contribution is -2.48. The van der Waals surface area contributed by atoms with E-state index in [1.807, 2.05) is 0 Å². The molecule has 1 fully saturated rings. The van der Waals surface area contributed by atoms with Crippen LogP contribution in [0.25, 0.3) is 10.9 Å². The Bertz CT molecular complexity index is 992. The molecule has 0 unspecified atom stereocenters.